The lowest BCUT2D eigenvalue weighted by molar-refractivity contribution is -0.144. The van der Waals surface area contributed by atoms with Crippen molar-refractivity contribution in [1.82, 2.24) is 25.5 Å². The number of aromatic nitrogens is 2. The van der Waals surface area contributed by atoms with E-state index in [0.29, 0.717) is 38.5 Å². The highest BCUT2D eigenvalue weighted by Crippen LogP contribution is 2.40. The molecule has 0 spiro atoms. The number of carbonyl (C=O) groups excluding carboxylic acids is 4. The Labute approximate surface area is 418 Å². The monoisotopic (exact) mass is 1020 g/mol. The van der Waals surface area contributed by atoms with Crippen LogP contribution in [0.25, 0.3) is 10.4 Å². The first-order valence-corrected chi connectivity index (χ1v) is 24.1. The Kier molecular flexibility index (Phi) is 17.5. The first-order chi connectivity index (χ1) is 33.5. The van der Waals surface area contributed by atoms with Crippen LogP contribution in [0.2, 0.25) is 0 Å². The maximum absolute atomic E-state index is 15.3. The Balaban J connectivity index is 0.879. The minimum absolute atomic E-state index is 0.0515. The molecule has 2 saturated heterocycles. The van der Waals surface area contributed by atoms with Crippen LogP contribution in [0.15, 0.2) is 60.2 Å². The van der Waals surface area contributed by atoms with Gasteiger partial charge in [0.05, 0.1) is 46.2 Å². The number of thiazole rings is 1. The minimum Gasteiger partial charge on any atom is -0.491 e. The van der Waals surface area contributed by atoms with Gasteiger partial charge in [0.1, 0.15) is 30.3 Å². The Morgan fingerprint density at radius 1 is 1.00 bits per heavy atom. The van der Waals surface area contributed by atoms with Crippen LogP contribution >= 0.6 is 23.6 Å². The number of rotatable bonds is 20. The Bertz CT molecular complexity index is 2640. The van der Waals surface area contributed by atoms with Crippen molar-refractivity contribution >= 4 is 63.7 Å². The molecule has 4 aromatic rings. The molecule has 0 unspecified atom stereocenters. The van der Waals surface area contributed by atoms with Crippen LogP contribution in [0.4, 0.5) is 28.9 Å². The van der Waals surface area contributed by atoms with E-state index in [0.717, 1.165) is 38.9 Å². The van der Waals surface area contributed by atoms with E-state index in [9.17, 15) is 37.5 Å². The fraction of sp³-hybridized carbons (Fsp3) is 0.469. The van der Waals surface area contributed by atoms with Crippen molar-refractivity contribution < 1.29 is 56.1 Å². The molecular formula is C49H56F4N8O8S2. The number of halogens is 4. The molecule has 2 aliphatic heterocycles. The zero-order chi connectivity index (χ0) is 51.8. The van der Waals surface area contributed by atoms with Crippen molar-refractivity contribution in [2.45, 2.75) is 104 Å². The van der Waals surface area contributed by atoms with Gasteiger partial charge in [0, 0.05) is 51.1 Å². The Morgan fingerprint density at radius 2 is 1.69 bits per heavy atom. The number of hydrogen-bond acceptors (Lipinski definition) is 13. The van der Waals surface area contributed by atoms with Crippen LogP contribution in [-0.2, 0) is 41.4 Å². The molecule has 4 heterocycles. The van der Waals surface area contributed by atoms with Crippen molar-refractivity contribution in [2.75, 3.05) is 49.4 Å². The molecule has 22 heteroatoms. The van der Waals surface area contributed by atoms with E-state index in [-0.39, 0.29) is 61.6 Å². The number of aryl methyl sites for hydroxylation is 1. The topological polar surface area (TPSA) is 200 Å². The molecule has 0 bridgehead atoms. The molecule has 2 aliphatic rings. The number of anilines is 2. The van der Waals surface area contributed by atoms with Gasteiger partial charge in [0.25, 0.3) is 5.91 Å². The largest absolute Gasteiger partial charge is 0.491 e. The number of amides is 4. The van der Waals surface area contributed by atoms with E-state index < -0.39 is 76.0 Å². The summed E-state index contributed by atoms with van der Waals surface area (Å²) >= 11 is 7.06. The summed E-state index contributed by atoms with van der Waals surface area (Å²) in [6.07, 6.45) is -3.24. The van der Waals surface area contributed by atoms with Crippen LogP contribution in [0.5, 0.6) is 5.75 Å². The molecule has 2 aromatic carbocycles. The lowest BCUT2D eigenvalue weighted by Crippen LogP contribution is -2.58. The molecule has 4 amide bonds. The van der Waals surface area contributed by atoms with E-state index >= 15 is 4.39 Å². The summed E-state index contributed by atoms with van der Waals surface area (Å²) < 4.78 is 73.2. The smallest absolute Gasteiger partial charge is 0.419 e. The van der Waals surface area contributed by atoms with Gasteiger partial charge < -0.3 is 39.8 Å². The average molecular weight is 1030 g/mol. The molecule has 0 radical (unpaired) electrons. The number of nitrogens with one attached hydrogen (secondary N) is 2. The number of nitriles is 1. The molecular weight excluding hydrogens is 969 g/mol. The zero-order valence-electron chi connectivity index (χ0n) is 40.1. The third-order valence-corrected chi connectivity index (χ3v) is 13.2. The number of pyridine rings is 1. The van der Waals surface area contributed by atoms with E-state index in [4.69, 9.17) is 31.7 Å². The van der Waals surface area contributed by atoms with Gasteiger partial charge in [-0.25, -0.2) is 14.4 Å². The van der Waals surface area contributed by atoms with Gasteiger partial charge in [-0.3, -0.25) is 24.1 Å². The summed E-state index contributed by atoms with van der Waals surface area (Å²) in [6.45, 7) is 11.2. The summed E-state index contributed by atoms with van der Waals surface area (Å²) in [5.74, 6) is -2.91. The molecule has 71 heavy (non-hydrogen) atoms. The van der Waals surface area contributed by atoms with E-state index in [1.165, 1.54) is 41.8 Å². The summed E-state index contributed by atoms with van der Waals surface area (Å²) in [5, 5.41) is 25.1. The van der Waals surface area contributed by atoms with Gasteiger partial charge in [-0.1, -0.05) is 45.0 Å². The van der Waals surface area contributed by atoms with Crippen molar-refractivity contribution in [1.29, 1.82) is 5.26 Å². The Morgan fingerprint density at radius 3 is 2.34 bits per heavy atom. The average Bonchev–Trinajstić information content (AvgIpc) is 3.98. The maximum Gasteiger partial charge on any atom is 0.419 e. The summed E-state index contributed by atoms with van der Waals surface area (Å²) in [4.78, 5) is 66.3. The summed E-state index contributed by atoms with van der Waals surface area (Å²) in [7, 11) is 0. The zero-order valence-corrected chi connectivity index (χ0v) is 41.7. The lowest BCUT2D eigenvalue weighted by Gasteiger charge is -2.35. The highest BCUT2D eigenvalue weighted by atomic mass is 32.1. The predicted molar refractivity (Wildman–Crippen MR) is 260 cm³/mol. The molecule has 3 N–H and O–H groups in total. The lowest BCUT2D eigenvalue weighted by atomic mass is 9.85. The number of ether oxygens (including phenoxy) is 3. The van der Waals surface area contributed by atoms with Crippen LogP contribution in [-0.4, -0.2) is 112 Å². The molecule has 16 nitrogen and oxygen atoms in total. The number of benzene rings is 2. The number of thiocarbonyl (C=S) groups is 1. The second kappa shape index (κ2) is 23.0. The molecule has 2 fully saturated rings. The molecule has 2 aromatic heterocycles. The van der Waals surface area contributed by atoms with Gasteiger partial charge in [0.2, 0.25) is 17.7 Å². The predicted octanol–water partition coefficient (Wildman–Crippen LogP) is 6.85. The van der Waals surface area contributed by atoms with Crippen LogP contribution < -0.4 is 25.2 Å². The quantitative estimate of drug-likeness (QED) is 0.0472. The Hall–Kier alpha value is -6.12. The number of unbranched alkanes of at least 4 members (excludes halogenated alkanes) is 1. The highest BCUT2D eigenvalue weighted by Gasteiger charge is 2.51. The van der Waals surface area contributed by atoms with E-state index in [2.05, 4.69) is 20.6 Å². The number of aliphatic hydroxyl groups excluding tert-OH is 1. The van der Waals surface area contributed by atoms with Crippen LogP contribution in [0, 0.1) is 29.5 Å². The number of carbonyl (C=O) groups is 4. The van der Waals surface area contributed by atoms with E-state index in [1.807, 2.05) is 31.2 Å². The molecule has 3 atom stereocenters. The maximum atomic E-state index is 15.3. The van der Waals surface area contributed by atoms with Gasteiger partial charge in [-0.15, -0.1) is 11.3 Å². The minimum atomic E-state index is -4.92. The number of hydrogen-bond donors (Lipinski definition) is 3. The molecule has 380 valence electrons. The standard InChI is InChI=1S/C49H56F4N8O8S2/c1-29-41(71-28-57-29)31-12-10-30(11-13-31)24-56-43(64)38-22-34(62)26-59(38)44(65)42(47(2,3)4)58-40(63)27-68-18-9-17-67-16-7-8-19-69-39-15-14-32(21-36(39)50)61-46(70)60(45(66)48(61,5)6)33-20-35(49(51,52)53)37(23-54)55-25-33/h10-15,20-21,25,28,34,38,42,62H,7-9,16-19,22,24,26-27H2,1-6H3,(H,56,64)(H,58,63)/t34-,38+,42-/m1/s1. The number of likely N-dealkylation sites (tertiary alicyclic amines) is 1. The van der Waals surface area contributed by atoms with E-state index in [1.54, 1.807) is 37.6 Å². The normalized spacial score (nSPS) is 17.4. The summed E-state index contributed by atoms with van der Waals surface area (Å²) in [5.41, 5.74) is 0.145. The van der Waals surface area contributed by atoms with Gasteiger partial charge in [-0.05, 0) is 87.0 Å². The fourth-order valence-electron chi connectivity index (χ4n) is 8.08. The van der Waals surface area contributed by atoms with Crippen molar-refractivity contribution in [3.63, 3.8) is 0 Å². The van der Waals surface area contributed by atoms with Crippen molar-refractivity contribution in [3.8, 4) is 22.3 Å². The van der Waals surface area contributed by atoms with Gasteiger partial charge in [0.15, 0.2) is 22.4 Å². The first kappa shape index (κ1) is 54.2. The van der Waals surface area contributed by atoms with Crippen molar-refractivity contribution in [2.24, 2.45) is 5.41 Å². The van der Waals surface area contributed by atoms with Gasteiger partial charge >= 0.3 is 6.18 Å². The molecule has 6 rings (SSSR count). The SMILES string of the molecule is Cc1ncsc1-c1ccc(CNC(=O)[C@@H]2C[C@@H](O)CN2C(=O)[C@@H](NC(=O)COCCCOCCCCOc2ccc(N3C(=S)N(c4cnc(C#N)c(C(F)(F)F)c4)C(=O)C3(C)C)cc2F)C(C)(C)C)cc1. The molecule has 0 saturated carbocycles. The molecule has 0 aliphatic carbocycles. The number of aliphatic hydroxyl groups is 1. The third-order valence-electron chi connectivity index (χ3n) is 11.8. The van der Waals surface area contributed by atoms with Crippen LogP contribution in [0.3, 0.4) is 0 Å². The van der Waals surface area contributed by atoms with Gasteiger partial charge in [-0.2, -0.15) is 18.4 Å². The third kappa shape index (κ3) is 13.1. The van der Waals surface area contributed by atoms with Crippen molar-refractivity contribution in [3.05, 3.63) is 88.6 Å². The number of β-amino-alcohol motifs (C(OH)–C–C–N with tert-alkyl or cyclic N) is 1. The summed E-state index contributed by atoms with van der Waals surface area (Å²) in [6, 6.07) is 11.8. The number of nitrogens with zero attached hydrogens (tertiary/aromatic N) is 6. The van der Waals surface area contributed by atoms with Crippen LogP contribution in [0.1, 0.15) is 82.8 Å². The fourth-order valence-corrected chi connectivity index (χ4v) is 9.42. The number of alkyl halides is 3. The highest BCUT2D eigenvalue weighted by molar-refractivity contribution is 7.81. The second-order valence-corrected chi connectivity index (χ2v) is 19.9. The first-order valence-electron chi connectivity index (χ1n) is 22.8. The second-order valence-electron chi connectivity index (χ2n) is 18.6.